The number of thioether (sulfide) groups is 1. The Balaban J connectivity index is 1.77. The molecule has 0 aliphatic rings. The van der Waals surface area contributed by atoms with Gasteiger partial charge in [0, 0.05) is 21.0 Å². The molecule has 4 rings (SSSR count). The van der Waals surface area contributed by atoms with Crippen molar-refractivity contribution in [2.24, 2.45) is 0 Å². The highest BCUT2D eigenvalue weighted by Gasteiger charge is 2.19. The summed E-state index contributed by atoms with van der Waals surface area (Å²) in [6.07, 6.45) is 1.65. The number of aromatic amines is 1. The highest BCUT2D eigenvalue weighted by molar-refractivity contribution is 9.10. The summed E-state index contributed by atoms with van der Waals surface area (Å²) in [6.45, 7) is 0. The van der Waals surface area contributed by atoms with E-state index in [4.69, 9.17) is 4.74 Å². The molecule has 0 saturated heterocycles. The fourth-order valence-electron chi connectivity index (χ4n) is 2.99. The first-order valence-electron chi connectivity index (χ1n) is 8.83. The largest absolute Gasteiger partial charge is 0.495 e. The van der Waals surface area contributed by atoms with Crippen molar-refractivity contribution in [1.82, 2.24) is 15.4 Å². The van der Waals surface area contributed by atoms with Crippen LogP contribution in [-0.2, 0) is 15.8 Å². The Labute approximate surface area is 186 Å². The van der Waals surface area contributed by atoms with Gasteiger partial charge < -0.3 is 4.74 Å². The normalized spacial score (nSPS) is 11.5. The van der Waals surface area contributed by atoms with Crippen LogP contribution in [0.5, 0.6) is 5.75 Å². The molecule has 0 unspecified atom stereocenters. The fraction of sp³-hybridized carbons (Fsp3) is 0.100. The standard InChI is InChI=1S/C20H17BrN4O3S2/c1-28-20-17-5-3-2-4-16(17)18(10-19(20)29-12-14-11-22-25-23-14)24-30(26,27)15-8-6-13(21)7-9-15/h2-11,24H,12H2,1H3,(H,22,23,25). The predicted molar refractivity (Wildman–Crippen MR) is 121 cm³/mol. The van der Waals surface area contributed by atoms with E-state index in [0.717, 1.165) is 25.8 Å². The van der Waals surface area contributed by atoms with Crippen molar-refractivity contribution in [3.05, 3.63) is 71.0 Å². The van der Waals surface area contributed by atoms with Crippen molar-refractivity contribution < 1.29 is 13.2 Å². The van der Waals surface area contributed by atoms with Gasteiger partial charge >= 0.3 is 0 Å². The number of methoxy groups -OCH3 is 1. The number of aromatic nitrogens is 3. The lowest BCUT2D eigenvalue weighted by atomic mass is 10.1. The zero-order chi connectivity index (χ0) is 21.1. The molecule has 0 aliphatic heterocycles. The summed E-state index contributed by atoms with van der Waals surface area (Å²) in [7, 11) is -2.16. The number of hydrogen-bond donors (Lipinski definition) is 2. The molecular weight excluding hydrogens is 488 g/mol. The molecule has 0 atom stereocenters. The number of anilines is 1. The molecule has 1 heterocycles. The molecule has 0 bridgehead atoms. The molecular formula is C20H17BrN4O3S2. The number of sulfonamides is 1. The first-order valence-corrected chi connectivity index (χ1v) is 12.1. The third-order valence-corrected chi connectivity index (χ3v) is 7.34. The van der Waals surface area contributed by atoms with E-state index in [2.05, 4.69) is 36.1 Å². The van der Waals surface area contributed by atoms with Gasteiger partial charge in [0.1, 0.15) is 5.75 Å². The number of benzene rings is 3. The summed E-state index contributed by atoms with van der Waals surface area (Å²) in [5, 5.41) is 12.0. The zero-order valence-corrected chi connectivity index (χ0v) is 19.0. The minimum Gasteiger partial charge on any atom is -0.495 e. The molecule has 0 fully saturated rings. The first-order chi connectivity index (χ1) is 14.5. The van der Waals surface area contributed by atoms with Gasteiger partial charge in [0.25, 0.3) is 10.0 Å². The molecule has 154 valence electrons. The van der Waals surface area contributed by atoms with Crippen LogP contribution in [0.1, 0.15) is 5.69 Å². The highest BCUT2D eigenvalue weighted by Crippen LogP contribution is 2.42. The van der Waals surface area contributed by atoms with Crippen LogP contribution >= 0.6 is 27.7 Å². The first kappa shape index (κ1) is 20.7. The average Bonchev–Trinajstić information content (AvgIpc) is 3.26. The van der Waals surface area contributed by atoms with Crippen molar-refractivity contribution in [2.75, 3.05) is 11.8 Å². The maximum atomic E-state index is 13.0. The van der Waals surface area contributed by atoms with E-state index < -0.39 is 10.0 Å². The third-order valence-electron chi connectivity index (χ3n) is 4.37. The summed E-state index contributed by atoms with van der Waals surface area (Å²) >= 11 is 4.82. The lowest BCUT2D eigenvalue weighted by Gasteiger charge is -2.16. The number of ether oxygens (including phenoxy) is 1. The number of fused-ring (bicyclic) bond motifs is 1. The molecule has 30 heavy (non-hydrogen) atoms. The van der Waals surface area contributed by atoms with Crippen LogP contribution in [-0.4, -0.2) is 30.9 Å². The molecule has 1 aromatic heterocycles. The van der Waals surface area contributed by atoms with E-state index in [0.29, 0.717) is 17.2 Å². The van der Waals surface area contributed by atoms with Gasteiger partial charge in [-0.3, -0.25) is 4.72 Å². The van der Waals surface area contributed by atoms with E-state index >= 15 is 0 Å². The van der Waals surface area contributed by atoms with Gasteiger partial charge in [0.15, 0.2) is 0 Å². The van der Waals surface area contributed by atoms with Crippen molar-refractivity contribution in [1.29, 1.82) is 0 Å². The number of hydrogen-bond acceptors (Lipinski definition) is 6. The summed E-state index contributed by atoms with van der Waals surface area (Å²) in [5.74, 6) is 1.25. The van der Waals surface area contributed by atoms with E-state index in [1.165, 1.54) is 11.8 Å². The second-order valence-electron chi connectivity index (χ2n) is 6.31. The van der Waals surface area contributed by atoms with Gasteiger partial charge in [0.05, 0.1) is 34.5 Å². The van der Waals surface area contributed by atoms with E-state index in [-0.39, 0.29) is 4.90 Å². The van der Waals surface area contributed by atoms with Crippen LogP contribution in [0, 0.1) is 0 Å². The number of halogens is 1. The highest BCUT2D eigenvalue weighted by atomic mass is 79.9. The number of nitrogens with zero attached hydrogens (tertiary/aromatic N) is 2. The summed E-state index contributed by atoms with van der Waals surface area (Å²) < 4.78 is 35.2. The Morgan fingerprint density at radius 2 is 1.87 bits per heavy atom. The number of rotatable bonds is 7. The number of nitrogens with one attached hydrogen (secondary N) is 2. The Bertz CT molecular complexity index is 1280. The van der Waals surface area contributed by atoms with Crippen molar-refractivity contribution in [2.45, 2.75) is 15.5 Å². The molecule has 2 N–H and O–H groups in total. The van der Waals surface area contributed by atoms with Crippen LogP contribution in [0.2, 0.25) is 0 Å². The van der Waals surface area contributed by atoms with Crippen LogP contribution in [0.15, 0.2) is 75.1 Å². The van der Waals surface area contributed by atoms with Crippen LogP contribution < -0.4 is 9.46 Å². The van der Waals surface area contributed by atoms with Gasteiger partial charge in [0.2, 0.25) is 0 Å². The van der Waals surface area contributed by atoms with Crippen LogP contribution in [0.25, 0.3) is 10.8 Å². The molecule has 0 radical (unpaired) electrons. The number of H-pyrrole nitrogens is 1. The zero-order valence-electron chi connectivity index (χ0n) is 15.8. The second kappa shape index (κ2) is 8.66. The predicted octanol–water partition coefficient (Wildman–Crippen LogP) is 4.82. The summed E-state index contributed by atoms with van der Waals surface area (Å²) in [5.41, 5.74) is 1.27. The monoisotopic (exact) mass is 504 g/mol. The van der Waals surface area contributed by atoms with E-state index in [1.807, 2.05) is 24.3 Å². The molecule has 4 aromatic rings. The van der Waals surface area contributed by atoms with Crippen LogP contribution in [0.4, 0.5) is 5.69 Å². The smallest absolute Gasteiger partial charge is 0.261 e. The van der Waals surface area contributed by atoms with Gasteiger partial charge in [-0.05, 0) is 30.3 Å². The maximum absolute atomic E-state index is 13.0. The van der Waals surface area contributed by atoms with Crippen molar-refractivity contribution in [3.63, 3.8) is 0 Å². The second-order valence-corrected chi connectivity index (χ2v) is 9.93. The Morgan fingerprint density at radius 1 is 1.13 bits per heavy atom. The maximum Gasteiger partial charge on any atom is 0.261 e. The molecule has 0 amide bonds. The summed E-state index contributed by atoms with van der Waals surface area (Å²) in [6, 6.07) is 15.8. The van der Waals surface area contributed by atoms with Crippen molar-refractivity contribution in [3.8, 4) is 5.75 Å². The molecule has 10 heteroatoms. The quantitative estimate of drug-likeness (QED) is 0.350. The van der Waals surface area contributed by atoms with Gasteiger partial charge in [-0.15, -0.1) is 11.8 Å². The minimum atomic E-state index is -3.76. The molecule has 3 aromatic carbocycles. The lowest BCUT2D eigenvalue weighted by Crippen LogP contribution is -2.13. The van der Waals surface area contributed by atoms with Gasteiger partial charge in [-0.2, -0.15) is 15.4 Å². The molecule has 7 nitrogen and oxygen atoms in total. The molecule has 0 saturated carbocycles. The van der Waals surface area contributed by atoms with Crippen LogP contribution in [0.3, 0.4) is 0 Å². The topological polar surface area (TPSA) is 97.0 Å². The van der Waals surface area contributed by atoms with Gasteiger partial charge in [-0.1, -0.05) is 40.2 Å². The van der Waals surface area contributed by atoms with E-state index in [1.54, 1.807) is 43.6 Å². The Hall–Kier alpha value is -2.56. The lowest BCUT2D eigenvalue weighted by molar-refractivity contribution is 0.410. The SMILES string of the molecule is COc1c(SCc2cn[nH]n2)cc(NS(=O)(=O)c2ccc(Br)cc2)c2ccccc12. The van der Waals surface area contributed by atoms with Crippen molar-refractivity contribution >= 4 is 54.2 Å². The average molecular weight is 505 g/mol. The molecule has 0 aliphatic carbocycles. The van der Waals surface area contributed by atoms with Gasteiger partial charge in [-0.25, -0.2) is 8.42 Å². The fourth-order valence-corrected chi connectivity index (χ4v) is 5.29. The minimum absolute atomic E-state index is 0.183. The Morgan fingerprint density at radius 3 is 2.53 bits per heavy atom. The van der Waals surface area contributed by atoms with E-state index in [9.17, 15) is 8.42 Å². The molecule has 0 spiro atoms. The Kier molecular flexibility index (Phi) is 5.98. The summed E-state index contributed by atoms with van der Waals surface area (Å²) in [4.78, 5) is 0.982. The third kappa shape index (κ3) is 4.30.